The molecule has 2 aliphatic rings. The van der Waals surface area contributed by atoms with Crippen LogP contribution in [0.25, 0.3) is 0 Å². The minimum atomic E-state index is -0.0465. The van der Waals surface area contributed by atoms with Gasteiger partial charge in [0.15, 0.2) is 0 Å². The van der Waals surface area contributed by atoms with Crippen LogP contribution in [0.2, 0.25) is 0 Å². The quantitative estimate of drug-likeness (QED) is 0.710. The predicted octanol–water partition coefficient (Wildman–Crippen LogP) is 3.43. The van der Waals surface area contributed by atoms with Crippen molar-refractivity contribution < 1.29 is 4.79 Å². The number of nitrogens with zero attached hydrogens (tertiary/aromatic N) is 1. The topological polar surface area (TPSA) is 20.3 Å². The van der Waals surface area contributed by atoms with E-state index in [9.17, 15) is 4.79 Å². The van der Waals surface area contributed by atoms with Gasteiger partial charge in [0.1, 0.15) is 0 Å². The van der Waals surface area contributed by atoms with E-state index in [2.05, 4.69) is 13.8 Å². The van der Waals surface area contributed by atoms with Gasteiger partial charge in [-0.15, -0.1) is 11.6 Å². The van der Waals surface area contributed by atoms with Crippen LogP contribution >= 0.6 is 11.6 Å². The number of hydrogen-bond acceptors (Lipinski definition) is 1. The van der Waals surface area contributed by atoms with Crippen molar-refractivity contribution in [1.82, 2.24) is 4.90 Å². The molecule has 0 radical (unpaired) electrons. The second kappa shape index (κ2) is 5.17. The van der Waals surface area contributed by atoms with Crippen molar-refractivity contribution >= 4 is 17.5 Å². The molecule has 2 nitrogen and oxygen atoms in total. The van der Waals surface area contributed by atoms with Crippen LogP contribution in [-0.2, 0) is 4.79 Å². The number of rotatable bonds is 3. The SMILES string of the molecule is CC(C)CC1(C(=O)N2CCC(Cl)C2)CCCC1. The fourth-order valence-electron chi connectivity index (χ4n) is 3.58. The molecule has 1 saturated carbocycles. The molecular weight excluding hydrogens is 234 g/mol. The molecule has 1 unspecified atom stereocenters. The lowest BCUT2D eigenvalue weighted by Gasteiger charge is -2.33. The molecular formula is C14H24ClNO. The molecule has 1 atom stereocenters. The van der Waals surface area contributed by atoms with Crippen molar-refractivity contribution in [3.05, 3.63) is 0 Å². The molecule has 0 N–H and O–H groups in total. The first-order chi connectivity index (χ1) is 8.03. The Labute approximate surface area is 110 Å². The maximum absolute atomic E-state index is 12.7. The highest BCUT2D eigenvalue weighted by Gasteiger charge is 2.44. The van der Waals surface area contributed by atoms with Crippen molar-refractivity contribution in [3.63, 3.8) is 0 Å². The summed E-state index contributed by atoms with van der Waals surface area (Å²) < 4.78 is 0. The average Bonchev–Trinajstić information content (AvgIpc) is 2.86. The van der Waals surface area contributed by atoms with Gasteiger partial charge >= 0.3 is 0 Å². The Hall–Kier alpha value is -0.240. The van der Waals surface area contributed by atoms with Crippen molar-refractivity contribution in [3.8, 4) is 0 Å². The first kappa shape index (κ1) is 13.2. The zero-order chi connectivity index (χ0) is 12.5. The van der Waals surface area contributed by atoms with Gasteiger partial charge in [0.25, 0.3) is 0 Å². The van der Waals surface area contributed by atoms with Crippen LogP contribution < -0.4 is 0 Å². The van der Waals surface area contributed by atoms with Crippen LogP contribution in [0.3, 0.4) is 0 Å². The molecule has 0 aromatic carbocycles. The summed E-state index contributed by atoms with van der Waals surface area (Å²) in [5, 5.41) is 0.177. The van der Waals surface area contributed by atoms with Crippen LogP contribution in [0.5, 0.6) is 0 Å². The number of likely N-dealkylation sites (tertiary alicyclic amines) is 1. The maximum atomic E-state index is 12.7. The van der Waals surface area contributed by atoms with Gasteiger partial charge in [-0.1, -0.05) is 26.7 Å². The number of carbonyl (C=O) groups is 1. The summed E-state index contributed by atoms with van der Waals surface area (Å²) in [5.41, 5.74) is -0.0465. The smallest absolute Gasteiger partial charge is 0.228 e. The molecule has 0 aromatic heterocycles. The van der Waals surface area contributed by atoms with Gasteiger partial charge in [0, 0.05) is 18.5 Å². The first-order valence-electron chi connectivity index (χ1n) is 6.97. The second-order valence-corrected chi connectivity index (χ2v) is 6.84. The van der Waals surface area contributed by atoms with E-state index in [0.29, 0.717) is 11.8 Å². The highest BCUT2D eigenvalue weighted by Crippen LogP contribution is 2.45. The minimum absolute atomic E-state index is 0.0465. The fraction of sp³-hybridized carbons (Fsp3) is 0.929. The van der Waals surface area contributed by atoms with E-state index in [1.807, 2.05) is 4.90 Å². The lowest BCUT2D eigenvalue weighted by atomic mass is 9.77. The Bertz CT molecular complexity index is 284. The molecule has 98 valence electrons. The predicted molar refractivity (Wildman–Crippen MR) is 71.2 cm³/mol. The third kappa shape index (κ3) is 2.78. The third-order valence-electron chi connectivity index (χ3n) is 4.23. The van der Waals surface area contributed by atoms with Crippen LogP contribution in [0.1, 0.15) is 52.4 Å². The van der Waals surface area contributed by atoms with Crippen LogP contribution in [0.15, 0.2) is 0 Å². The molecule has 1 heterocycles. The Balaban J connectivity index is 2.07. The number of hydrogen-bond donors (Lipinski definition) is 0. The highest BCUT2D eigenvalue weighted by atomic mass is 35.5. The Morgan fingerprint density at radius 2 is 2.06 bits per heavy atom. The summed E-state index contributed by atoms with van der Waals surface area (Å²) in [4.78, 5) is 14.7. The average molecular weight is 258 g/mol. The first-order valence-corrected chi connectivity index (χ1v) is 7.40. The van der Waals surface area contributed by atoms with E-state index in [1.165, 1.54) is 12.8 Å². The standard InChI is InChI=1S/C14H24ClNO/c1-11(2)9-14(6-3-4-7-14)13(17)16-8-5-12(15)10-16/h11-12H,3-10H2,1-2H3. The van der Waals surface area contributed by atoms with E-state index < -0.39 is 0 Å². The summed E-state index contributed by atoms with van der Waals surface area (Å²) in [6, 6.07) is 0. The normalized spacial score (nSPS) is 28.0. The molecule has 0 bridgehead atoms. The zero-order valence-electron chi connectivity index (χ0n) is 11.0. The van der Waals surface area contributed by atoms with E-state index in [4.69, 9.17) is 11.6 Å². The Kier molecular flexibility index (Phi) is 4.02. The number of alkyl halides is 1. The maximum Gasteiger partial charge on any atom is 0.228 e. The van der Waals surface area contributed by atoms with Crippen molar-refractivity contribution in [2.24, 2.45) is 11.3 Å². The van der Waals surface area contributed by atoms with Gasteiger partial charge in [-0.05, 0) is 31.6 Å². The second-order valence-electron chi connectivity index (χ2n) is 6.22. The molecule has 1 saturated heterocycles. The molecule has 17 heavy (non-hydrogen) atoms. The van der Waals surface area contributed by atoms with Gasteiger partial charge in [-0.2, -0.15) is 0 Å². The fourth-order valence-corrected chi connectivity index (χ4v) is 3.84. The van der Waals surface area contributed by atoms with Gasteiger partial charge in [-0.25, -0.2) is 0 Å². The van der Waals surface area contributed by atoms with Crippen molar-refractivity contribution in [2.45, 2.75) is 57.7 Å². The van der Waals surface area contributed by atoms with E-state index >= 15 is 0 Å². The lowest BCUT2D eigenvalue weighted by Crippen LogP contribution is -2.42. The molecule has 1 amide bonds. The lowest BCUT2D eigenvalue weighted by molar-refractivity contribution is -0.141. The molecule has 1 aliphatic carbocycles. The van der Waals surface area contributed by atoms with E-state index in [0.717, 1.165) is 38.8 Å². The van der Waals surface area contributed by atoms with Crippen LogP contribution in [-0.4, -0.2) is 29.3 Å². The largest absolute Gasteiger partial charge is 0.341 e. The van der Waals surface area contributed by atoms with Crippen molar-refractivity contribution in [2.75, 3.05) is 13.1 Å². The van der Waals surface area contributed by atoms with Gasteiger partial charge < -0.3 is 4.90 Å². The molecule has 0 spiro atoms. The van der Waals surface area contributed by atoms with Gasteiger partial charge in [0.2, 0.25) is 5.91 Å². The summed E-state index contributed by atoms with van der Waals surface area (Å²) in [5.74, 6) is 0.998. The minimum Gasteiger partial charge on any atom is -0.341 e. The number of halogens is 1. The zero-order valence-corrected chi connectivity index (χ0v) is 11.8. The van der Waals surface area contributed by atoms with Crippen LogP contribution in [0.4, 0.5) is 0 Å². The van der Waals surface area contributed by atoms with Gasteiger partial charge in [0.05, 0.1) is 5.38 Å². The number of carbonyl (C=O) groups excluding carboxylic acids is 1. The van der Waals surface area contributed by atoms with Crippen molar-refractivity contribution in [1.29, 1.82) is 0 Å². The molecule has 2 fully saturated rings. The Morgan fingerprint density at radius 3 is 2.53 bits per heavy atom. The Morgan fingerprint density at radius 1 is 1.41 bits per heavy atom. The summed E-state index contributed by atoms with van der Waals surface area (Å²) in [7, 11) is 0. The molecule has 2 rings (SSSR count). The summed E-state index contributed by atoms with van der Waals surface area (Å²) in [6.45, 7) is 6.08. The van der Waals surface area contributed by atoms with E-state index in [1.54, 1.807) is 0 Å². The van der Waals surface area contributed by atoms with Gasteiger partial charge in [-0.3, -0.25) is 4.79 Å². The molecule has 3 heteroatoms. The summed E-state index contributed by atoms with van der Waals surface area (Å²) >= 11 is 6.11. The summed E-state index contributed by atoms with van der Waals surface area (Å²) in [6.07, 6.45) is 6.63. The monoisotopic (exact) mass is 257 g/mol. The molecule has 1 aliphatic heterocycles. The third-order valence-corrected chi connectivity index (χ3v) is 4.59. The number of amides is 1. The van der Waals surface area contributed by atoms with Crippen LogP contribution in [0, 0.1) is 11.3 Å². The highest BCUT2D eigenvalue weighted by molar-refractivity contribution is 6.21. The van der Waals surface area contributed by atoms with E-state index in [-0.39, 0.29) is 10.8 Å². The molecule has 0 aromatic rings.